The molecule has 3 heteroatoms. The van der Waals surface area contributed by atoms with E-state index in [2.05, 4.69) is 11.2 Å². The summed E-state index contributed by atoms with van der Waals surface area (Å²) in [6.45, 7) is 0. The maximum Gasteiger partial charge on any atom is 0.0959 e. The zero-order chi connectivity index (χ0) is 6.53. The van der Waals surface area contributed by atoms with Gasteiger partial charge in [-0.15, -0.1) is 11.8 Å². The van der Waals surface area contributed by atoms with Gasteiger partial charge in [-0.1, -0.05) is 0 Å². The molecular formula is C6H11NS2. The Bertz CT molecular complexity index is 103. The SMILES string of the molecule is CSCCC1N=CCS1. The molecular weight excluding hydrogens is 150 g/mol. The third kappa shape index (κ3) is 2.63. The number of rotatable bonds is 3. The van der Waals surface area contributed by atoms with Crippen molar-refractivity contribution in [2.45, 2.75) is 11.8 Å². The fourth-order valence-corrected chi connectivity index (χ4v) is 2.19. The van der Waals surface area contributed by atoms with Crippen molar-refractivity contribution in [2.75, 3.05) is 17.8 Å². The molecule has 0 saturated heterocycles. The van der Waals surface area contributed by atoms with E-state index in [4.69, 9.17) is 0 Å². The van der Waals surface area contributed by atoms with Gasteiger partial charge in [0.15, 0.2) is 0 Å². The predicted molar refractivity (Wildman–Crippen MR) is 47.7 cm³/mol. The first kappa shape index (κ1) is 7.48. The molecule has 0 radical (unpaired) electrons. The highest BCUT2D eigenvalue weighted by atomic mass is 32.2. The quantitative estimate of drug-likeness (QED) is 0.626. The van der Waals surface area contributed by atoms with Gasteiger partial charge < -0.3 is 0 Å². The number of thioether (sulfide) groups is 2. The molecule has 1 rings (SSSR count). The first-order valence-electron chi connectivity index (χ1n) is 3.05. The molecule has 9 heavy (non-hydrogen) atoms. The summed E-state index contributed by atoms with van der Waals surface area (Å²) in [6.07, 6.45) is 5.40. The lowest BCUT2D eigenvalue weighted by molar-refractivity contribution is 0.894. The minimum absolute atomic E-state index is 0.581. The second-order valence-electron chi connectivity index (χ2n) is 1.90. The maximum atomic E-state index is 4.30. The molecule has 0 N–H and O–H groups in total. The molecule has 1 heterocycles. The van der Waals surface area contributed by atoms with Gasteiger partial charge in [-0.25, -0.2) is 0 Å². The molecule has 0 aromatic carbocycles. The first-order chi connectivity index (χ1) is 4.43. The smallest absolute Gasteiger partial charge is 0.0959 e. The van der Waals surface area contributed by atoms with Gasteiger partial charge in [-0.05, 0) is 18.4 Å². The Hall–Kier alpha value is 0.370. The second-order valence-corrected chi connectivity index (χ2v) is 4.10. The maximum absolute atomic E-state index is 4.30. The molecule has 0 amide bonds. The van der Waals surface area contributed by atoms with Gasteiger partial charge in [0.25, 0.3) is 0 Å². The molecule has 0 saturated carbocycles. The number of hydrogen-bond acceptors (Lipinski definition) is 3. The average Bonchev–Trinajstić information content (AvgIpc) is 2.34. The molecule has 1 nitrogen and oxygen atoms in total. The van der Waals surface area contributed by atoms with Crippen LogP contribution in [0.15, 0.2) is 4.99 Å². The molecule has 0 fully saturated rings. The van der Waals surface area contributed by atoms with E-state index >= 15 is 0 Å². The van der Waals surface area contributed by atoms with Crippen LogP contribution in [0, 0.1) is 0 Å². The molecule has 1 aliphatic rings. The fourth-order valence-electron chi connectivity index (χ4n) is 0.734. The van der Waals surface area contributed by atoms with Crippen molar-refractivity contribution < 1.29 is 0 Å². The fraction of sp³-hybridized carbons (Fsp3) is 0.833. The summed E-state index contributed by atoms with van der Waals surface area (Å²) in [5.74, 6) is 2.37. The van der Waals surface area contributed by atoms with Crippen LogP contribution >= 0.6 is 23.5 Å². The van der Waals surface area contributed by atoms with E-state index in [1.54, 1.807) is 0 Å². The normalized spacial score (nSPS) is 25.2. The van der Waals surface area contributed by atoms with E-state index in [9.17, 15) is 0 Å². The Morgan fingerprint density at radius 3 is 3.33 bits per heavy atom. The van der Waals surface area contributed by atoms with Crippen LogP contribution in [0.3, 0.4) is 0 Å². The van der Waals surface area contributed by atoms with E-state index < -0.39 is 0 Å². The van der Waals surface area contributed by atoms with Crippen molar-refractivity contribution in [3.05, 3.63) is 0 Å². The lowest BCUT2D eigenvalue weighted by atomic mass is 10.5. The van der Waals surface area contributed by atoms with Gasteiger partial charge in [-0.3, -0.25) is 4.99 Å². The van der Waals surface area contributed by atoms with Crippen molar-refractivity contribution >= 4 is 29.7 Å². The molecule has 0 aromatic heterocycles. The summed E-state index contributed by atoms with van der Waals surface area (Å²) < 4.78 is 0. The van der Waals surface area contributed by atoms with Gasteiger partial charge in [0.1, 0.15) is 0 Å². The van der Waals surface area contributed by atoms with E-state index in [1.165, 1.54) is 12.2 Å². The van der Waals surface area contributed by atoms with Crippen LogP contribution in [0.2, 0.25) is 0 Å². The Morgan fingerprint density at radius 1 is 1.89 bits per heavy atom. The van der Waals surface area contributed by atoms with Crippen LogP contribution in [0.1, 0.15) is 6.42 Å². The van der Waals surface area contributed by atoms with Crippen LogP contribution in [0.5, 0.6) is 0 Å². The Labute approximate surface area is 64.7 Å². The summed E-state index contributed by atoms with van der Waals surface area (Å²) in [7, 11) is 0. The van der Waals surface area contributed by atoms with Crippen LogP contribution in [-0.4, -0.2) is 29.3 Å². The lowest BCUT2D eigenvalue weighted by Gasteiger charge is -2.02. The predicted octanol–water partition coefficient (Wildman–Crippen LogP) is 1.88. The average molecular weight is 161 g/mol. The molecule has 0 spiro atoms. The minimum Gasteiger partial charge on any atom is -0.282 e. The summed E-state index contributed by atoms with van der Waals surface area (Å²) in [5, 5.41) is 0.581. The molecule has 1 atom stereocenters. The lowest BCUT2D eigenvalue weighted by Crippen LogP contribution is -1.95. The number of hydrogen-bond donors (Lipinski definition) is 0. The molecule has 52 valence electrons. The highest BCUT2D eigenvalue weighted by molar-refractivity contribution is 8.01. The van der Waals surface area contributed by atoms with E-state index in [0.29, 0.717) is 5.37 Å². The summed E-state index contributed by atoms with van der Waals surface area (Å²) in [5.41, 5.74) is 0. The van der Waals surface area contributed by atoms with Crippen LogP contribution in [0.25, 0.3) is 0 Å². The Morgan fingerprint density at radius 2 is 2.78 bits per heavy atom. The number of nitrogens with zero attached hydrogens (tertiary/aromatic N) is 1. The van der Waals surface area contributed by atoms with Crippen LogP contribution < -0.4 is 0 Å². The van der Waals surface area contributed by atoms with Crippen LogP contribution in [-0.2, 0) is 0 Å². The molecule has 0 bridgehead atoms. The third-order valence-electron chi connectivity index (χ3n) is 1.20. The Kier molecular flexibility index (Phi) is 3.51. The van der Waals surface area contributed by atoms with Crippen molar-refractivity contribution in [1.29, 1.82) is 0 Å². The summed E-state index contributed by atoms with van der Waals surface area (Å²) in [6, 6.07) is 0. The van der Waals surface area contributed by atoms with Gasteiger partial charge in [0.05, 0.1) is 5.37 Å². The topological polar surface area (TPSA) is 12.4 Å². The van der Waals surface area contributed by atoms with Gasteiger partial charge >= 0.3 is 0 Å². The molecule has 1 unspecified atom stereocenters. The second kappa shape index (κ2) is 4.23. The van der Waals surface area contributed by atoms with E-state index in [-0.39, 0.29) is 0 Å². The zero-order valence-electron chi connectivity index (χ0n) is 5.54. The van der Waals surface area contributed by atoms with Crippen molar-refractivity contribution in [3.8, 4) is 0 Å². The summed E-state index contributed by atoms with van der Waals surface area (Å²) in [4.78, 5) is 4.30. The Balaban J connectivity index is 2.05. The largest absolute Gasteiger partial charge is 0.282 e. The molecule has 1 aliphatic heterocycles. The van der Waals surface area contributed by atoms with Gasteiger partial charge in [-0.2, -0.15) is 11.8 Å². The van der Waals surface area contributed by atoms with Crippen molar-refractivity contribution in [1.82, 2.24) is 0 Å². The van der Waals surface area contributed by atoms with Gasteiger partial charge in [0, 0.05) is 12.0 Å². The number of aliphatic imine (C=N–C) groups is 1. The molecule has 0 aromatic rings. The van der Waals surface area contributed by atoms with Crippen molar-refractivity contribution in [3.63, 3.8) is 0 Å². The monoisotopic (exact) mass is 161 g/mol. The van der Waals surface area contributed by atoms with Crippen molar-refractivity contribution in [2.24, 2.45) is 4.99 Å². The highest BCUT2D eigenvalue weighted by Gasteiger charge is 2.08. The van der Waals surface area contributed by atoms with E-state index in [0.717, 1.165) is 5.75 Å². The first-order valence-corrected chi connectivity index (χ1v) is 5.50. The summed E-state index contributed by atoms with van der Waals surface area (Å²) >= 11 is 3.85. The minimum atomic E-state index is 0.581. The molecule has 0 aliphatic carbocycles. The van der Waals surface area contributed by atoms with E-state index in [1.807, 2.05) is 29.7 Å². The third-order valence-corrected chi connectivity index (χ3v) is 2.93. The van der Waals surface area contributed by atoms with Gasteiger partial charge in [0.2, 0.25) is 0 Å². The highest BCUT2D eigenvalue weighted by Crippen LogP contribution is 2.20. The standard InChI is InChI=1S/C6H11NS2/c1-8-4-2-6-7-3-5-9-6/h3,6H,2,4-5H2,1H3. The van der Waals surface area contributed by atoms with Crippen LogP contribution in [0.4, 0.5) is 0 Å². The zero-order valence-corrected chi connectivity index (χ0v) is 7.17.